The summed E-state index contributed by atoms with van der Waals surface area (Å²) in [5.74, 6) is 1.53. The average molecular weight is 339 g/mol. The van der Waals surface area contributed by atoms with Gasteiger partial charge in [-0.3, -0.25) is 4.79 Å². The molecule has 1 aromatic heterocycles. The van der Waals surface area contributed by atoms with Gasteiger partial charge >= 0.3 is 0 Å². The van der Waals surface area contributed by atoms with Crippen molar-refractivity contribution in [3.05, 3.63) is 59.4 Å². The first kappa shape index (κ1) is 16.9. The zero-order chi connectivity index (χ0) is 18.0. The van der Waals surface area contributed by atoms with Crippen LogP contribution in [-0.4, -0.2) is 32.1 Å². The number of hydrogen-bond donors (Lipinski definition) is 0. The lowest BCUT2D eigenvalue weighted by atomic mass is 10.1. The number of benzene rings is 2. The van der Waals surface area contributed by atoms with E-state index in [2.05, 4.69) is 0 Å². The molecule has 0 aliphatic carbocycles. The van der Waals surface area contributed by atoms with E-state index in [0.717, 1.165) is 22.1 Å². The molecule has 0 N–H and O–H groups in total. The molecule has 0 unspecified atom stereocenters. The van der Waals surface area contributed by atoms with Gasteiger partial charge in [-0.1, -0.05) is 24.3 Å². The maximum atomic E-state index is 12.8. The molecule has 0 radical (unpaired) electrons. The number of nitrogens with zero attached hydrogens (tertiary/aromatic N) is 1. The Morgan fingerprint density at radius 1 is 1.08 bits per heavy atom. The highest BCUT2D eigenvalue weighted by molar-refractivity contribution is 5.98. The van der Waals surface area contributed by atoms with Gasteiger partial charge in [0.15, 0.2) is 17.3 Å². The Kier molecular flexibility index (Phi) is 4.65. The molecule has 130 valence electrons. The van der Waals surface area contributed by atoms with Crippen molar-refractivity contribution in [2.45, 2.75) is 13.5 Å². The van der Waals surface area contributed by atoms with Gasteiger partial charge < -0.3 is 18.8 Å². The fraction of sp³-hybridized carbons (Fsp3) is 0.250. The number of ether oxygens (including phenoxy) is 2. The van der Waals surface area contributed by atoms with Gasteiger partial charge in [-0.15, -0.1) is 0 Å². The largest absolute Gasteiger partial charge is 0.493 e. The van der Waals surface area contributed by atoms with Crippen molar-refractivity contribution in [3.63, 3.8) is 0 Å². The minimum absolute atomic E-state index is 0.150. The number of fused-ring (bicyclic) bond motifs is 1. The molecule has 1 amide bonds. The van der Waals surface area contributed by atoms with Crippen LogP contribution in [0.1, 0.15) is 21.7 Å². The maximum absolute atomic E-state index is 12.8. The van der Waals surface area contributed by atoms with Gasteiger partial charge in [-0.2, -0.15) is 0 Å². The first-order valence-electron chi connectivity index (χ1n) is 7.99. The van der Waals surface area contributed by atoms with Crippen molar-refractivity contribution in [3.8, 4) is 11.5 Å². The molecule has 5 heteroatoms. The first-order valence-corrected chi connectivity index (χ1v) is 7.99. The summed E-state index contributed by atoms with van der Waals surface area (Å²) < 4.78 is 16.3. The van der Waals surface area contributed by atoms with E-state index in [1.54, 1.807) is 26.2 Å². The van der Waals surface area contributed by atoms with Crippen molar-refractivity contribution in [2.24, 2.45) is 0 Å². The fourth-order valence-electron chi connectivity index (χ4n) is 2.88. The number of furan rings is 1. The highest BCUT2D eigenvalue weighted by atomic mass is 16.5. The monoisotopic (exact) mass is 339 g/mol. The first-order chi connectivity index (χ1) is 12.0. The van der Waals surface area contributed by atoms with Gasteiger partial charge in [0.05, 0.1) is 14.2 Å². The zero-order valence-corrected chi connectivity index (χ0v) is 14.8. The molecule has 0 fully saturated rings. The van der Waals surface area contributed by atoms with Crippen LogP contribution >= 0.6 is 0 Å². The lowest BCUT2D eigenvalue weighted by Crippen LogP contribution is -2.26. The molecule has 0 aliphatic rings. The standard InChI is InChI=1S/C20H21NO4/c1-13-15-7-5-6-8-16(15)25-19(13)20(22)21(2)12-14-9-10-17(23-3)18(11-14)24-4/h5-11H,12H2,1-4H3. The maximum Gasteiger partial charge on any atom is 0.289 e. The molecule has 0 bridgehead atoms. The van der Waals surface area contributed by atoms with Crippen LogP contribution in [0.4, 0.5) is 0 Å². The van der Waals surface area contributed by atoms with Gasteiger partial charge in [0, 0.05) is 24.5 Å². The van der Waals surface area contributed by atoms with Gasteiger partial charge in [0.25, 0.3) is 5.91 Å². The number of carbonyl (C=O) groups excluding carboxylic acids is 1. The average Bonchev–Trinajstić information content (AvgIpc) is 2.98. The van der Waals surface area contributed by atoms with Crippen LogP contribution in [0.25, 0.3) is 11.0 Å². The van der Waals surface area contributed by atoms with E-state index in [1.807, 2.05) is 49.4 Å². The predicted molar refractivity (Wildman–Crippen MR) is 96.3 cm³/mol. The van der Waals surface area contributed by atoms with E-state index >= 15 is 0 Å². The highest BCUT2D eigenvalue weighted by Crippen LogP contribution is 2.29. The van der Waals surface area contributed by atoms with E-state index in [4.69, 9.17) is 13.9 Å². The van der Waals surface area contributed by atoms with E-state index < -0.39 is 0 Å². The Hall–Kier alpha value is -2.95. The normalized spacial score (nSPS) is 10.7. The number of rotatable bonds is 5. The fourth-order valence-corrected chi connectivity index (χ4v) is 2.88. The van der Waals surface area contributed by atoms with Crippen LogP contribution in [0.3, 0.4) is 0 Å². The lowest BCUT2D eigenvalue weighted by molar-refractivity contribution is 0.0754. The van der Waals surface area contributed by atoms with Crippen LogP contribution in [0.5, 0.6) is 11.5 Å². The van der Waals surface area contributed by atoms with Crippen molar-refractivity contribution >= 4 is 16.9 Å². The molecule has 3 aromatic rings. The Labute approximate surface area is 146 Å². The summed E-state index contributed by atoms with van der Waals surface area (Å²) in [6.07, 6.45) is 0. The molecular formula is C20H21NO4. The number of para-hydroxylation sites is 1. The van der Waals surface area contributed by atoms with Gasteiger partial charge in [-0.05, 0) is 30.7 Å². The predicted octanol–water partition coefficient (Wildman–Crippen LogP) is 4.03. The molecule has 0 spiro atoms. The van der Waals surface area contributed by atoms with Crippen molar-refractivity contribution < 1.29 is 18.7 Å². The summed E-state index contributed by atoms with van der Waals surface area (Å²) in [5, 5.41) is 0.963. The molecule has 5 nitrogen and oxygen atoms in total. The van der Waals surface area contributed by atoms with Crippen molar-refractivity contribution in [1.82, 2.24) is 4.90 Å². The summed E-state index contributed by atoms with van der Waals surface area (Å²) in [5.41, 5.74) is 2.53. The second kappa shape index (κ2) is 6.89. The van der Waals surface area contributed by atoms with Crippen molar-refractivity contribution in [1.29, 1.82) is 0 Å². The number of hydrogen-bond acceptors (Lipinski definition) is 4. The molecule has 2 aromatic carbocycles. The second-order valence-corrected chi connectivity index (χ2v) is 5.90. The number of aryl methyl sites for hydroxylation is 1. The van der Waals surface area contributed by atoms with Gasteiger partial charge in [0.1, 0.15) is 5.58 Å². The van der Waals surface area contributed by atoms with Gasteiger partial charge in [-0.25, -0.2) is 0 Å². The summed E-state index contributed by atoms with van der Waals surface area (Å²) in [6, 6.07) is 13.3. The Balaban J connectivity index is 1.84. The summed E-state index contributed by atoms with van der Waals surface area (Å²) >= 11 is 0. The Morgan fingerprint density at radius 2 is 1.80 bits per heavy atom. The van der Waals surface area contributed by atoms with Gasteiger partial charge in [0.2, 0.25) is 0 Å². The molecule has 0 aliphatic heterocycles. The number of amides is 1. The molecule has 0 saturated carbocycles. The third kappa shape index (κ3) is 3.18. The van der Waals surface area contributed by atoms with Crippen LogP contribution in [-0.2, 0) is 6.54 Å². The molecule has 25 heavy (non-hydrogen) atoms. The zero-order valence-electron chi connectivity index (χ0n) is 14.8. The third-order valence-corrected chi connectivity index (χ3v) is 4.25. The summed E-state index contributed by atoms with van der Waals surface area (Å²) in [6.45, 7) is 2.35. The molecule has 0 saturated heterocycles. The van der Waals surface area contributed by atoms with E-state index in [1.165, 1.54) is 0 Å². The topological polar surface area (TPSA) is 51.9 Å². The molecule has 3 rings (SSSR count). The summed E-state index contributed by atoms with van der Waals surface area (Å²) in [7, 11) is 4.94. The van der Waals surface area contributed by atoms with E-state index in [9.17, 15) is 4.79 Å². The van der Waals surface area contributed by atoms with Crippen molar-refractivity contribution in [2.75, 3.05) is 21.3 Å². The number of methoxy groups -OCH3 is 2. The third-order valence-electron chi connectivity index (χ3n) is 4.25. The van der Waals surface area contributed by atoms with Crippen LogP contribution in [0.15, 0.2) is 46.9 Å². The Bertz CT molecular complexity index is 913. The van der Waals surface area contributed by atoms with Crippen LogP contribution in [0.2, 0.25) is 0 Å². The minimum atomic E-state index is -0.150. The van der Waals surface area contributed by atoms with E-state index in [0.29, 0.717) is 23.8 Å². The van der Waals surface area contributed by atoms with E-state index in [-0.39, 0.29) is 5.91 Å². The second-order valence-electron chi connectivity index (χ2n) is 5.90. The highest BCUT2D eigenvalue weighted by Gasteiger charge is 2.21. The van der Waals surface area contributed by atoms with Crippen LogP contribution in [0, 0.1) is 6.92 Å². The lowest BCUT2D eigenvalue weighted by Gasteiger charge is -2.17. The quantitative estimate of drug-likeness (QED) is 0.704. The summed E-state index contributed by atoms with van der Waals surface area (Å²) in [4.78, 5) is 14.4. The number of carbonyl (C=O) groups is 1. The van der Waals surface area contributed by atoms with Crippen LogP contribution < -0.4 is 9.47 Å². The smallest absolute Gasteiger partial charge is 0.289 e. The molecule has 0 atom stereocenters. The Morgan fingerprint density at radius 3 is 2.48 bits per heavy atom. The minimum Gasteiger partial charge on any atom is -0.493 e. The molecule has 1 heterocycles. The molecular weight excluding hydrogens is 318 g/mol. The SMILES string of the molecule is COc1ccc(CN(C)C(=O)c2oc3ccccc3c2C)cc1OC.